The first kappa shape index (κ1) is 33.1. The maximum atomic E-state index is 11.4. The van der Waals surface area contributed by atoms with Gasteiger partial charge < -0.3 is 0 Å². The van der Waals surface area contributed by atoms with E-state index < -0.39 is 29.9 Å². The summed E-state index contributed by atoms with van der Waals surface area (Å²) in [5.74, 6) is -0.178. The van der Waals surface area contributed by atoms with Crippen molar-refractivity contribution < 1.29 is 25.3 Å². The third-order valence-electron chi connectivity index (χ3n) is 2.69. The Morgan fingerprint density at radius 1 is 0.750 bits per heavy atom. The van der Waals surface area contributed by atoms with Gasteiger partial charge >= 0.3 is 0 Å². The molecule has 0 fully saturated rings. The molecular weight excluding hydrogens is 572 g/mol. The maximum Gasteiger partial charge on any atom is 0.245 e. The normalized spacial score (nSPS) is 11.3. The van der Waals surface area contributed by atoms with E-state index in [0.717, 1.165) is 25.0 Å². The van der Waals surface area contributed by atoms with Crippen molar-refractivity contribution in [3.63, 3.8) is 0 Å². The highest BCUT2D eigenvalue weighted by molar-refractivity contribution is 8.09. The monoisotopic (exact) mass is 591 g/mol. The Hall–Kier alpha value is -1.03. The predicted octanol–water partition coefficient (Wildman–Crippen LogP) is 3.11. The Kier molecular flexibility index (Phi) is 12.9. The Balaban J connectivity index is 0. The van der Waals surface area contributed by atoms with Crippen LogP contribution in [0.4, 0.5) is 5.69 Å². The van der Waals surface area contributed by atoms with Crippen molar-refractivity contribution in [2.75, 3.05) is 22.5 Å². The molecule has 0 atom stereocenters. The third-order valence-corrected chi connectivity index (χ3v) is 7.72. The molecule has 2 aromatic heterocycles. The minimum absolute atomic E-state index is 0. The highest BCUT2D eigenvalue weighted by Gasteiger charge is 2.30. The topological polar surface area (TPSA) is 157 Å². The molecule has 2 rings (SSSR count). The fourth-order valence-electron chi connectivity index (χ4n) is 1.81. The molecule has 18 heteroatoms. The largest absolute Gasteiger partial charge is 0.245 e. The van der Waals surface area contributed by atoms with E-state index in [1.807, 2.05) is 0 Å². The number of rotatable bonds is 5. The number of nitrogens with zero attached hydrogens (tertiary/aromatic N) is 5. The first-order valence-corrected chi connectivity index (χ1v) is 14.4. The van der Waals surface area contributed by atoms with Crippen LogP contribution in [0.1, 0.15) is 20.4 Å². The van der Waals surface area contributed by atoms with Crippen LogP contribution in [0.2, 0.25) is 20.9 Å². The summed E-state index contributed by atoms with van der Waals surface area (Å²) < 4.78 is 67.6. The van der Waals surface area contributed by atoms with Crippen molar-refractivity contribution in [3.05, 3.63) is 38.8 Å². The van der Waals surface area contributed by atoms with Crippen LogP contribution in [-0.2, 0) is 35.6 Å². The highest BCUT2D eigenvalue weighted by atomic mass is 35.5. The zero-order valence-corrected chi connectivity index (χ0v) is 20.8. The van der Waals surface area contributed by atoms with E-state index in [-0.39, 0.29) is 50.9 Å². The number of hydrogen-bond acceptors (Lipinski definition) is 10. The third kappa shape index (κ3) is 10.7. The van der Waals surface area contributed by atoms with Gasteiger partial charge in [0, 0.05) is 18.0 Å². The van der Waals surface area contributed by atoms with Crippen molar-refractivity contribution in [2.24, 2.45) is 0 Å². The molecule has 2 heterocycles. The first-order chi connectivity index (χ1) is 13.4. The molecule has 0 N–H and O–H groups in total. The summed E-state index contributed by atoms with van der Waals surface area (Å²) in [5, 5.41) is -0.519. The molecule has 0 unspecified atom stereocenters. The van der Waals surface area contributed by atoms with Crippen molar-refractivity contribution in [2.45, 2.75) is 20.6 Å². The molecule has 0 saturated carbocycles. The molecule has 0 saturated heterocycles. The van der Waals surface area contributed by atoms with E-state index in [0.29, 0.717) is 5.56 Å². The minimum atomic E-state index is -4.07. The molecule has 0 amide bonds. The number of sulfone groups is 1. The number of sulfonamides is 2. The van der Waals surface area contributed by atoms with Gasteiger partial charge in [0.15, 0.2) is 15.0 Å². The van der Waals surface area contributed by atoms with Gasteiger partial charge in [0.25, 0.3) is 0 Å². The van der Waals surface area contributed by atoms with Crippen molar-refractivity contribution in [1.29, 1.82) is 0 Å². The zero-order chi connectivity index (χ0) is 23.5. The second kappa shape index (κ2) is 12.4. The molecule has 0 aliphatic rings. The van der Waals surface area contributed by atoms with Gasteiger partial charge in [-0.3, -0.25) is 0 Å². The van der Waals surface area contributed by atoms with Crippen LogP contribution < -0.4 is 3.71 Å². The van der Waals surface area contributed by atoms with E-state index in [1.165, 1.54) is 6.20 Å². The Labute approximate surface area is 208 Å². The number of anilines is 1. The molecule has 11 nitrogen and oxygen atoms in total. The van der Waals surface area contributed by atoms with Gasteiger partial charge in [-0.05, 0) is 23.2 Å². The van der Waals surface area contributed by atoms with E-state index >= 15 is 0 Å². The number of hydrogen-bond donors (Lipinski definition) is 0. The lowest BCUT2D eigenvalue weighted by Gasteiger charge is -2.19. The Bertz CT molecular complexity index is 1230. The van der Waals surface area contributed by atoms with Crippen LogP contribution >= 0.6 is 46.4 Å². The van der Waals surface area contributed by atoms with Gasteiger partial charge in [-0.15, -0.1) is 0 Å². The SMILES string of the molecule is C.C.CS(=O)(=O)Cc1cnc(Cl)nc1Cl.CS(=O)(=O)N(c1cnc(Cl)nc1Cl)S(C)(=O)=O. The fourth-order valence-corrected chi connectivity index (χ4v) is 6.47. The van der Waals surface area contributed by atoms with Crippen LogP contribution in [0, 0.1) is 0 Å². The second-order valence-corrected chi connectivity index (χ2v) is 13.0. The summed E-state index contributed by atoms with van der Waals surface area (Å²) in [4.78, 5) is 14.2. The molecule has 0 bridgehead atoms. The predicted molar refractivity (Wildman–Crippen MR) is 128 cm³/mol. The molecule has 0 aliphatic heterocycles. The summed E-state index contributed by atoms with van der Waals surface area (Å²) in [6.45, 7) is 0. The maximum absolute atomic E-state index is 11.4. The Morgan fingerprint density at radius 3 is 1.50 bits per heavy atom. The summed E-state index contributed by atoms with van der Waals surface area (Å²) in [6.07, 6.45) is 4.77. The highest BCUT2D eigenvalue weighted by Crippen LogP contribution is 2.28. The van der Waals surface area contributed by atoms with E-state index in [1.54, 1.807) is 0 Å². The first-order valence-electron chi connectivity index (χ1n) is 7.15. The number of aromatic nitrogens is 4. The second-order valence-electron chi connectivity index (χ2n) is 5.56. The summed E-state index contributed by atoms with van der Waals surface area (Å²) in [5.41, 5.74) is -0.0189. The van der Waals surface area contributed by atoms with Gasteiger partial charge in [-0.1, -0.05) is 38.1 Å². The van der Waals surface area contributed by atoms with E-state index in [4.69, 9.17) is 46.4 Å². The van der Waals surface area contributed by atoms with E-state index in [9.17, 15) is 25.3 Å². The standard InChI is InChI=1S/C6H7Cl2N3O4S2.C6H6Cl2N2O2S.2CH4/c1-16(12,13)11(17(2,14)15)4-3-9-6(8)10-5(4)7;1-13(11,12)3-4-2-9-6(8)10-5(4)7;;/h3H,1-2H3;2H,3H2,1H3;2*1H4. The van der Waals surface area contributed by atoms with Crippen LogP contribution in [-0.4, -0.2) is 64.0 Å². The smallest absolute Gasteiger partial charge is 0.229 e. The van der Waals surface area contributed by atoms with Gasteiger partial charge in [0.1, 0.15) is 10.8 Å². The molecule has 2 aromatic rings. The number of halogens is 4. The lowest BCUT2D eigenvalue weighted by molar-refractivity contribution is 0.590. The molecule has 0 aromatic carbocycles. The van der Waals surface area contributed by atoms with Crippen molar-refractivity contribution in [1.82, 2.24) is 19.9 Å². The van der Waals surface area contributed by atoms with Gasteiger partial charge in [-0.25, -0.2) is 45.2 Å². The molecule has 0 radical (unpaired) electrons. The quantitative estimate of drug-likeness (QED) is 0.373. The molecule has 184 valence electrons. The average Bonchev–Trinajstić information content (AvgIpc) is 2.50. The minimum Gasteiger partial charge on any atom is -0.229 e. The van der Waals surface area contributed by atoms with Gasteiger partial charge in [0.05, 0.1) is 24.5 Å². The van der Waals surface area contributed by atoms with Crippen LogP contribution in [0.3, 0.4) is 0 Å². The van der Waals surface area contributed by atoms with Crippen molar-refractivity contribution >= 4 is 82.0 Å². The fraction of sp³-hybridized carbons (Fsp3) is 0.429. The summed E-state index contributed by atoms with van der Waals surface area (Å²) in [6, 6.07) is 0. The summed E-state index contributed by atoms with van der Waals surface area (Å²) in [7, 11) is -11.3. The molecular formula is C14H21Cl4N5O6S3. The average molecular weight is 593 g/mol. The van der Waals surface area contributed by atoms with Crippen LogP contribution in [0.25, 0.3) is 0 Å². The Morgan fingerprint density at radius 2 is 1.16 bits per heavy atom. The van der Waals surface area contributed by atoms with Gasteiger partial charge in [-0.2, -0.15) is 3.71 Å². The molecule has 0 spiro atoms. The van der Waals surface area contributed by atoms with Gasteiger partial charge in [0.2, 0.25) is 30.6 Å². The summed E-state index contributed by atoms with van der Waals surface area (Å²) >= 11 is 22.1. The van der Waals surface area contributed by atoms with E-state index in [2.05, 4.69) is 19.9 Å². The zero-order valence-electron chi connectivity index (χ0n) is 15.3. The lowest BCUT2D eigenvalue weighted by atomic mass is 10.4. The molecule has 32 heavy (non-hydrogen) atoms. The van der Waals surface area contributed by atoms with Crippen LogP contribution in [0.15, 0.2) is 12.4 Å². The lowest BCUT2D eigenvalue weighted by Crippen LogP contribution is -2.35. The van der Waals surface area contributed by atoms with Crippen LogP contribution in [0.5, 0.6) is 0 Å². The van der Waals surface area contributed by atoms with Crippen molar-refractivity contribution in [3.8, 4) is 0 Å². The molecule has 0 aliphatic carbocycles.